The van der Waals surface area contributed by atoms with Crippen molar-refractivity contribution in [1.82, 2.24) is 4.90 Å². The molecular formula is C19H20ClNOS. The van der Waals surface area contributed by atoms with E-state index in [1.54, 1.807) is 12.1 Å². The summed E-state index contributed by atoms with van der Waals surface area (Å²) in [4.78, 5) is 14.8. The van der Waals surface area contributed by atoms with Crippen LogP contribution < -0.4 is 0 Å². The molecule has 1 saturated heterocycles. The Morgan fingerprint density at radius 3 is 2.52 bits per heavy atom. The Bertz CT molecular complexity index is 699. The van der Waals surface area contributed by atoms with Crippen molar-refractivity contribution in [3.05, 3.63) is 70.2 Å². The number of amides is 1. The molecule has 3 rings (SSSR count). The van der Waals surface area contributed by atoms with E-state index in [9.17, 15) is 4.79 Å². The van der Waals surface area contributed by atoms with Gasteiger partial charge in [0, 0.05) is 12.3 Å². The van der Waals surface area contributed by atoms with Crippen LogP contribution in [0.5, 0.6) is 0 Å². The molecule has 1 amide bonds. The van der Waals surface area contributed by atoms with Crippen LogP contribution in [0.1, 0.15) is 46.6 Å². The van der Waals surface area contributed by atoms with E-state index in [1.807, 2.05) is 28.8 Å². The molecule has 2 nitrogen and oxygen atoms in total. The van der Waals surface area contributed by atoms with Gasteiger partial charge in [-0.1, -0.05) is 61.8 Å². The van der Waals surface area contributed by atoms with Crippen LogP contribution in [0.4, 0.5) is 0 Å². The lowest BCUT2D eigenvalue weighted by Crippen LogP contribution is -2.30. The SMILES string of the molecule is CC(C)c1ccc(C2SCCN2C(=O)c2ccccc2Cl)cc1. The minimum atomic E-state index is 0.0125. The van der Waals surface area contributed by atoms with Gasteiger partial charge in [0.1, 0.15) is 5.37 Å². The summed E-state index contributed by atoms with van der Waals surface area (Å²) in [7, 11) is 0. The summed E-state index contributed by atoms with van der Waals surface area (Å²) in [5.74, 6) is 1.48. The molecule has 1 aliphatic heterocycles. The zero-order valence-corrected chi connectivity index (χ0v) is 14.9. The summed E-state index contributed by atoms with van der Waals surface area (Å²) in [6, 6.07) is 15.9. The third-order valence-corrected chi connectivity index (χ3v) is 5.73. The summed E-state index contributed by atoms with van der Waals surface area (Å²) in [6.45, 7) is 5.13. The molecule has 120 valence electrons. The van der Waals surface area contributed by atoms with E-state index in [2.05, 4.69) is 38.1 Å². The molecule has 0 bridgehead atoms. The maximum Gasteiger partial charge on any atom is 0.256 e. The number of rotatable bonds is 3. The number of carbonyl (C=O) groups excluding carboxylic acids is 1. The molecule has 0 N–H and O–H groups in total. The fraction of sp³-hybridized carbons (Fsp3) is 0.316. The smallest absolute Gasteiger partial charge is 0.256 e. The number of halogens is 1. The first-order valence-electron chi connectivity index (χ1n) is 7.85. The first-order chi connectivity index (χ1) is 11.1. The number of carbonyl (C=O) groups is 1. The second-order valence-electron chi connectivity index (χ2n) is 6.02. The normalized spacial score (nSPS) is 17.7. The number of hydrogen-bond donors (Lipinski definition) is 0. The van der Waals surface area contributed by atoms with Gasteiger partial charge < -0.3 is 4.90 Å². The van der Waals surface area contributed by atoms with Crippen molar-refractivity contribution in [2.45, 2.75) is 25.1 Å². The highest BCUT2D eigenvalue weighted by molar-refractivity contribution is 7.99. The van der Waals surface area contributed by atoms with E-state index in [0.717, 1.165) is 12.3 Å². The summed E-state index contributed by atoms with van der Waals surface area (Å²) < 4.78 is 0. The maximum atomic E-state index is 12.9. The van der Waals surface area contributed by atoms with Crippen molar-refractivity contribution in [2.75, 3.05) is 12.3 Å². The van der Waals surface area contributed by atoms with Gasteiger partial charge in [0.15, 0.2) is 0 Å². The van der Waals surface area contributed by atoms with Crippen LogP contribution in [0.3, 0.4) is 0 Å². The van der Waals surface area contributed by atoms with Gasteiger partial charge in [-0.2, -0.15) is 0 Å². The highest BCUT2D eigenvalue weighted by Gasteiger charge is 2.31. The van der Waals surface area contributed by atoms with Gasteiger partial charge in [-0.3, -0.25) is 4.79 Å². The van der Waals surface area contributed by atoms with Gasteiger partial charge in [-0.05, 0) is 29.2 Å². The highest BCUT2D eigenvalue weighted by Crippen LogP contribution is 2.39. The van der Waals surface area contributed by atoms with Crippen molar-refractivity contribution in [1.29, 1.82) is 0 Å². The summed E-state index contributed by atoms with van der Waals surface area (Å²) in [6.07, 6.45) is 0. The van der Waals surface area contributed by atoms with Crippen LogP contribution in [0.25, 0.3) is 0 Å². The van der Waals surface area contributed by atoms with E-state index >= 15 is 0 Å². The van der Waals surface area contributed by atoms with Crippen molar-refractivity contribution in [3.8, 4) is 0 Å². The second kappa shape index (κ2) is 6.98. The van der Waals surface area contributed by atoms with Gasteiger partial charge in [0.05, 0.1) is 10.6 Å². The Hall–Kier alpha value is -1.45. The second-order valence-corrected chi connectivity index (χ2v) is 7.62. The van der Waals surface area contributed by atoms with Crippen LogP contribution in [0.2, 0.25) is 5.02 Å². The van der Waals surface area contributed by atoms with E-state index < -0.39 is 0 Å². The molecule has 0 saturated carbocycles. The van der Waals surface area contributed by atoms with Gasteiger partial charge in [-0.25, -0.2) is 0 Å². The molecule has 2 aromatic carbocycles. The monoisotopic (exact) mass is 345 g/mol. The molecule has 4 heteroatoms. The van der Waals surface area contributed by atoms with Crippen LogP contribution >= 0.6 is 23.4 Å². The lowest BCUT2D eigenvalue weighted by molar-refractivity contribution is 0.0760. The average molecular weight is 346 g/mol. The molecule has 2 aromatic rings. The maximum absolute atomic E-state index is 12.9. The minimum Gasteiger partial charge on any atom is -0.322 e. The Labute approximate surface area is 146 Å². The minimum absolute atomic E-state index is 0.0125. The van der Waals surface area contributed by atoms with Crippen LogP contribution in [-0.4, -0.2) is 23.1 Å². The zero-order chi connectivity index (χ0) is 16.4. The molecule has 0 aromatic heterocycles. The van der Waals surface area contributed by atoms with Gasteiger partial charge >= 0.3 is 0 Å². The summed E-state index contributed by atoms with van der Waals surface area (Å²) in [5, 5.41) is 0.586. The molecule has 0 radical (unpaired) electrons. The van der Waals surface area contributed by atoms with E-state index in [0.29, 0.717) is 16.5 Å². The highest BCUT2D eigenvalue weighted by atomic mass is 35.5. The Morgan fingerprint density at radius 2 is 1.87 bits per heavy atom. The molecule has 23 heavy (non-hydrogen) atoms. The Balaban J connectivity index is 1.85. The zero-order valence-electron chi connectivity index (χ0n) is 13.3. The lowest BCUT2D eigenvalue weighted by atomic mass is 10.0. The molecule has 1 heterocycles. The van der Waals surface area contributed by atoms with Gasteiger partial charge in [0.25, 0.3) is 5.91 Å². The van der Waals surface area contributed by atoms with Crippen LogP contribution in [0.15, 0.2) is 48.5 Å². The van der Waals surface area contributed by atoms with Crippen LogP contribution in [0, 0.1) is 0 Å². The van der Waals surface area contributed by atoms with Crippen molar-refractivity contribution >= 4 is 29.3 Å². The Kier molecular flexibility index (Phi) is 4.98. The quantitative estimate of drug-likeness (QED) is 0.747. The molecule has 0 aliphatic carbocycles. The third kappa shape index (κ3) is 3.41. The van der Waals surface area contributed by atoms with Gasteiger partial charge in [-0.15, -0.1) is 11.8 Å². The van der Waals surface area contributed by atoms with Crippen molar-refractivity contribution in [2.24, 2.45) is 0 Å². The molecule has 0 spiro atoms. The number of thioether (sulfide) groups is 1. The first kappa shape index (κ1) is 16.4. The van der Waals surface area contributed by atoms with E-state index in [4.69, 9.17) is 11.6 Å². The molecule has 1 aliphatic rings. The fourth-order valence-electron chi connectivity index (χ4n) is 2.79. The van der Waals surface area contributed by atoms with E-state index in [1.165, 1.54) is 11.1 Å². The Morgan fingerprint density at radius 1 is 1.17 bits per heavy atom. The predicted octanol–water partition coefficient (Wildman–Crippen LogP) is 5.35. The summed E-state index contributed by atoms with van der Waals surface area (Å²) in [5.41, 5.74) is 3.08. The topological polar surface area (TPSA) is 20.3 Å². The predicted molar refractivity (Wildman–Crippen MR) is 98.2 cm³/mol. The standard InChI is InChI=1S/C19H20ClNOS/c1-13(2)14-7-9-15(10-8-14)19-21(11-12-23-19)18(22)16-5-3-4-6-17(16)20/h3-10,13,19H,11-12H2,1-2H3. The van der Waals surface area contributed by atoms with E-state index in [-0.39, 0.29) is 11.3 Å². The number of benzene rings is 2. The fourth-order valence-corrected chi connectivity index (χ4v) is 4.26. The lowest BCUT2D eigenvalue weighted by Gasteiger charge is -2.25. The first-order valence-corrected chi connectivity index (χ1v) is 9.27. The third-order valence-electron chi connectivity index (χ3n) is 4.14. The van der Waals surface area contributed by atoms with Crippen molar-refractivity contribution in [3.63, 3.8) is 0 Å². The molecule has 1 atom stereocenters. The molecular weight excluding hydrogens is 326 g/mol. The molecule has 1 unspecified atom stereocenters. The molecule has 1 fully saturated rings. The van der Waals surface area contributed by atoms with Crippen LogP contribution in [-0.2, 0) is 0 Å². The number of nitrogens with zero attached hydrogens (tertiary/aromatic N) is 1. The van der Waals surface area contributed by atoms with Crippen molar-refractivity contribution < 1.29 is 4.79 Å². The van der Waals surface area contributed by atoms with Gasteiger partial charge in [0.2, 0.25) is 0 Å². The number of hydrogen-bond acceptors (Lipinski definition) is 2. The summed E-state index contributed by atoms with van der Waals surface area (Å²) >= 11 is 8.00. The largest absolute Gasteiger partial charge is 0.322 e. The average Bonchev–Trinajstić information content (AvgIpc) is 3.04.